The molecule has 1 aromatic rings. The molecule has 1 amide bonds. The Morgan fingerprint density at radius 3 is 2.71 bits per heavy atom. The standard InChI is InChI=1S/C30H38FN3O4/c1-6-37-28(35)19-38-22-11-12-23(24(31)17-22)20(2)16-27-32-25(18-26(33(27)5)30(4)13-14-30)29(36)34-15-9-7-8-10-21(34)3/h11-12,16-18,21H,2,6-10,13-15,19H2,1,3-5H3/b27-16-. The van der Waals surface area contributed by atoms with E-state index in [0.717, 1.165) is 50.8 Å². The summed E-state index contributed by atoms with van der Waals surface area (Å²) in [4.78, 5) is 33.8. The molecular formula is C30H38FN3O4. The third-order valence-corrected chi connectivity index (χ3v) is 7.62. The van der Waals surface area contributed by atoms with Gasteiger partial charge in [0.25, 0.3) is 5.91 Å². The summed E-state index contributed by atoms with van der Waals surface area (Å²) >= 11 is 0. The van der Waals surface area contributed by atoms with Gasteiger partial charge in [0.05, 0.1) is 6.61 Å². The van der Waals surface area contributed by atoms with E-state index in [0.29, 0.717) is 17.1 Å². The predicted molar refractivity (Wildman–Crippen MR) is 146 cm³/mol. The maximum atomic E-state index is 15.0. The number of carbonyl (C=O) groups excluding carboxylic acids is 2. The maximum Gasteiger partial charge on any atom is 0.344 e. The Morgan fingerprint density at radius 2 is 2.03 bits per heavy atom. The molecule has 1 aliphatic carbocycles. The molecule has 0 spiro atoms. The van der Waals surface area contributed by atoms with Gasteiger partial charge >= 0.3 is 5.97 Å². The summed E-state index contributed by atoms with van der Waals surface area (Å²) < 4.78 is 25.2. The number of benzene rings is 1. The van der Waals surface area contributed by atoms with Gasteiger partial charge in [-0.25, -0.2) is 14.2 Å². The van der Waals surface area contributed by atoms with E-state index in [-0.39, 0.29) is 41.9 Å². The lowest BCUT2D eigenvalue weighted by Gasteiger charge is -2.33. The molecule has 1 unspecified atom stereocenters. The van der Waals surface area contributed by atoms with Crippen LogP contribution in [0.1, 0.15) is 64.9 Å². The van der Waals surface area contributed by atoms with Crippen LogP contribution in [0.3, 0.4) is 0 Å². The van der Waals surface area contributed by atoms with E-state index < -0.39 is 11.8 Å². The number of likely N-dealkylation sites (tertiary alicyclic amines) is 1. The van der Waals surface area contributed by atoms with E-state index in [1.807, 2.05) is 22.9 Å². The van der Waals surface area contributed by atoms with Crippen LogP contribution < -0.4 is 4.74 Å². The zero-order valence-corrected chi connectivity index (χ0v) is 22.9. The minimum atomic E-state index is -0.532. The number of esters is 1. The lowest BCUT2D eigenvalue weighted by atomic mass is 9.99. The fraction of sp³-hybridized carbons (Fsp3) is 0.500. The molecule has 0 aromatic heterocycles. The van der Waals surface area contributed by atoms with E-state index in [2.05, 4.69) is 20.4 Å². The van der Waals surface area contributed by atoms with Crippen LogP contribution in [0.25, 0.3) is 5.57 Å². The molecule has 0 radical (unpaired) electrons. The second-order valence-electron chi connectivity index (χ2n) is 10.6. The number of hydrogen-bond donors (Lipinski definition) is 0. The molecule has 204 valence electrons. The van der Waals surface area contributed by atoms with Crippen LogP contribution >= 0.6 is 0 Å². The fourth-order valence-electron chi connectivity index (χ4n) is 4.99. The molecule has 0 N–H and O–H groups in total. The van der Waals surface area contributed by atoms with Crippen molar-refractivity contribution in [2.45, 2.75) is 65.3 Å². The van der Waals surface area contributed by atoms with Crippen LogP contribution in [0.5, 0.6) is 5.75 Å². The molecule has 8 heteroatoms. The highest BCUT2D eigenvalue weighted by Gasteiger charge is 2.45. The monoisotopic (exact) mass is 523 g/mol. The predicted octanol–water partition coefficient (Wildman–Crippen LogP) is 5.48. The van der Waals surface area contributed by atoms with Gasteiger partial charge in [0.15, 0.2) is 6.61 Å². The average Bonchev–Trinajstić information content (AvgIpc) is 3.67. The largest absolute Gasteiger partial charge is 0.482 e. The first kappa shape index (κ1) is 27.6. The van der Waals surface area contributed by atoms with Crippen molar-refractivity contribution < 1.29 is 23.5 Å². The number of aliphatic imine (C=N–C) groups is 1. The van der Waals surface area contributed by atoms with Crippen molar-refractivity contribution in [3.05, 3.63) is 59.8 Å². The Kier molecular flexibility index (Phi) is 8.38. The van der Waals surface area contributed by atoms with E-state index in [1.165, 1.54) is 6.07 Å². The first-order valence-corrected chi connectivity index (χ1v) is 13.5. The number of nitrogens with zero attached hydrogens (tertiary/aromatic N) is 3. The van der Waals surface area contributed by atoms with Crippen molar-refractivity contribution in [3.63, 3.8) is 0 Å². The van der Waals surface area contributed by atoms with E-state index in [4.69, 9.17) is 14.5 Å². The highest BCUT2D eigenvalue weighted by Crippen LogP contribution is 2.53. The summed E-state index contributed by atoms with van der Waals surface area (Å²) in [6.45, 7) is 10.8. The van der Waals surface area contributed by atoms with Crippen LogP contribution in [0.15, 0.2) is 53.4 Å². The van der Waals surface area contributed by atoms with Crippen molar-refractivity contribution in [2.75, 3.05) is 26.8 Å². The molecule has 1 aromatic carbocycles. The van der Waals surface area contributed by atoms with Gasteiger partial charge in [0.2, 0.25) is 0 Å². The number of ether oxygens (including phenoxy) is 2. The summed E-state index contributed by atoms with van der Waals surface area (Å²) in [5, 5.41) is 0. The van der Waals surface area contributed by atoms with Crippen LogP contribution in [0.4, 0.5) is 4.39 Å². The van der Waals surface area contributed by atoms with Gasteiger partial charge in [-0.3, -0.25) is 4.79 Å². The van der Waals surface area contributed by atoms with Gasteiger partial charge in [0.1, 0.15) is 23.1 Å². The number of carbonyl (C=O) groups is 2. The van der Waals surface area contributed by atoms with E-state index in [9.17, 15) is 9.59 Å². The first-order valence-electron chi connectivity index (χ1n) is 13.5. The second-order valence-corrected chi connectivity index (χ2v) is 10.6. The Balaban J connectivity index is 1.59. The molecule has 38 heavy (non-hydrogen) atoms. The second kappa shape index (κ2) is 11.5. The quantitative estimate of drug-likeness (QED) is 0.422. The zero-order chi connectivity index (χ0) is 27.4. The van der Waals surface area contributed by atoms with Crippen LogP contribution in [-0.4, -0.2) is 60.2 Å². The Bertz CT molecular complexity index is 1200. The summed E-state index contributed by atoms with van der Waals surface area (Å²) in [6.07, 6.45) is 9.98. The molecular weight excluding hydrogens is 485 g/mol. The third kappa shape index (κ3) is 6.17. The number of allylic oxidation sites excluding steroid dienone is 3. The smallest absolute Gasteiger partial charge is 0.344 e. The SMILES string of the molecule is C=C(/C=C1/N=C(C(=O)N2CCCCCC2C)C=C(C2(C)CC2)N1C)c1ccc(OCC(=O)OCC)cc1F. The molecule has 0 bridgehead atoms. The molecule has 1 saturated heterocycles. The van der Waals surface area contributed by atoms with Crippen molar-refractivity contribution in [1.29, 1.82) is 0 Å². The highest BCUT2D eigenvalue weighted by atomic mass is 19.1. The maximum absolute atomic E-state index is 15.0. The summed E-state index contributed by atoms with van der Waals surface area (Å²) in [6, 6.07) is 4.53. The van der Waals surface area contributed by atoms with Crippen molar-refractivity contribution in [2.24, 2.45) is 10.4 Å². The summed E-state index contributed by atoms with van der Waals surface area (Å²) in [5.74, 6) is -0.333. The Hall–Kier alpha value is -3.42. The fourth-order valence-corrected chi connectivity index (χ4v) is 4.99. The Morgan fingerprint density at radius 1 is 1.26 bits per heavy atom. The minimum absolute atomic E-state index is 0.00971. The van der Waals surface area contributed by atoms with Crippen LogP contribution in [0, 0.1) is 11.2 Å². The van der Waals surface area contributed by atoms with E-state index >= 15 is 4.39 Å². The van der Waals surface area contributed by atoms with E-state index in [1.54, 1.807) is 25.1 Å². The average molecular weight is 524 g/mol. The van der Waals surface area contributed by atoms with Crippen LogP contribution in [0.2, 0.25) is 0 Å². The molecule has 2 aliphatic heterocycles. The lowest BCUT2D eigenvalue weighted by Crippen LogP contribution is -2.43. The molecule has 1 saturated carbocycles. The highest BCUT2D eigenvalue weighted by molar-refractivity contribution is 6.44. The molecule has 2 heterocycles. The topological polar surface area (TPSA) is 71.4 Å². The molecule has 3 aliphatic rings. The minimum Gasteiger partial charge on any atom is -0.482 e. The van der Waals surface area contributed by atoms with Gasteiger partial charge in [-0.2, -0.15) is 0 Å². The number of halogens is 1. The Labute approximate surface area is 224 Å². The summed E-state index contributed by atoms with van der Waals surface area (Å²) in [5.41, 5.74) is 2.15. The molecule has 1 atom stereocenters. The molecule has 2 fully saturated rings. The van der Waals surface area contributed by atoms with Gasteiger partial charge < -0.3 is 19.3 Å². The number of hydrogen-bond acceptors (Lipinski definition) is 6. The number of amides is 1. The van der Waals surface area contributed by atoms with Crippen LogP contribution in [-0.2, 0) is 14.3 Å². The van der Waals surface area contributed by atoms with Crippen molar-refractivity contribution >= 4 is 23.2 Å². The lowest BCUT2D eigenvalue weighted by molar-refractivity contribution is -0.145. The van der Waals surface area contributed by atoms with Gasteiger partial charge in [-0.1, -0.05) is 26.3 Å². The normalized spacial score (nSPS) is 21.8. The zero-order valence-electron chi connectivity index (χ0n) is 22.9. The molecule has 7 nitrogen and oxygen atoms in total. The first-order chi connectivity index (χ1) is 18.1. The van der Waals surface area contributed by atoms with Gasteiger partial charge in [-0.05, 0) is 69.4 Å². The third-order valence-electron chi connectivity index (χ3n) is 7.62. The van der Waals surface area contributed by atoms with Crippen molar-refractivity contribution in [1.82, 2.24) is 9.80 Å². The van der Waals surface area contributed by atoms with Crippen molar-refractivity contribution in [3.8, 4) is 5.75 Å². The molecule has 4 rings (SSSR count). The summed E-state index contributed by atoms with van der Waals surface area (Å²) in [7, 11) is 1.93. The van der Waals surface area contributed by atoms with Gasteiger partial charge in [-0.15, -0.1) is 0 Å². The van der Waals surface area contributed by atoms with Gasteiger partial charge in [0, 0.05) is 42.4 Å². The number of rotatable bonds is 8.